The zero-order valence-corrected chi connectivity index (χ0v) is 11.8. The lowest BCUT2D eigenvalue weighted by molar-refractivity contribution is 0.0681. The Bertz CT molecular complexity index is 746. The molecule has 0 bridgehead atoms. The average Bonchev–Trinajstić information content (AvgIpc) is 2.52. The number of hydrogen-bond acceptors (Lipinski definition) is 3. The topological polar surface area (TPSA) is 83.8 Å². The van der Waals surface area contributed by atoms with Gasteiger partial charge < -0.3 is 14.9 Å². The average molecular weight is 298 g/mol. The van der Waals surface area contributed by atoms with Gasteiger partial charge >= 0.3 is 11.9 Å². The highest BCUT2D eigenvalue weighted by atomic mass is 16.5. The monoisotopic (exact) mass is 298 g/mol. The molecule has 0 aliphatic rings. The molecule has 22 heavy (non-hydrogen) atoms. The summed E-state index contributed by atoms with van der Waals surface area (Å²) in [6.45, 7) is 0. The molecule has 0 aliphatic heterocycles. The number of methoxy groups -OCH3 is 1. The second kappa shape index (κ2) is 6.58. The zero-order valence-electron chi connectivity index (χ0n) is 11.8. The van der Waals surface area contributed by atoms with Crippen molar-refractivity contribution in [3.8, 4) is 5.75 Å². The lowest BCUT2D eigenvalue weighted by atomic mass is 10.0. The molecule has 0 aromatic heterocycles. The molecular weight excluding hydrogens is 284 g/mol. The molecule has 2 N–H and O–H groups in total. The van der Waals surface area contributed by atoms with Gasteiger partial charge in [0.2, 0.25) is 0 Å². The summed E-state index contributed by atoms with van der Waals surface area (Å²) < 4.78 is 5.11. The maximum atomic E-state index is 11.2. The van der Waals surface area contributed by atoms with E-state index in [1.54, 1.807) is 31.4 Å². The molecule has 0 saturated carbocycles. The largest absolute Gasteiger partial charge is 0.497 e. The van der Waals surface area contributed by atoms with E-state index in [4.69, 9.17) is 9.84 Å². The van der Waals surface area contributed by atoms with Gasteiger partial charge in [0.25, 0.3) is 0 Å². The van der Waals surface area contributed by atoms with E-state index < -0.39 is 11.9 Å². The Morgan fingerprint density at radius 3 is 2.41 bits per heavy atom. The van der Waals surface area contributed by atoms with Gasteiger partial charge in [0.05, 0.1) is 18.2 Å². The number of hydrogen-bond donors (Lipinski definition) is 2. The molecule has 5 nitrogen and oxygen atoms in total. The Morgan fingerprint density at radius 2 is 1.77 bits per heavy atom. The van der Waals surface area contributed by atoms with E-state index in [0.717, 1.165) is 5.56 Å². The fourth-order valence-electron chi connectivity index (χ4n) is 1.96. The highest BCUT2D eigenvalue weighted by molar-refractivity contribution is 5.96. The zero-order chi connectivity index (χ0) is 16.1. The maximum Gasteiger partial charge on any atom is 0.336 e. The third-order valence-electron chi connectivity index (χ3n) is 3.08. The fraction of sp³-hybridized carbons (Fsp3) is 0.0588. The minimum atomic E-state index is -1.11. The molecule has 0 fully saturated rings. The molecule has 2 rings (SSSR count). The highest BCUT2D eigenvalue weighted by Gasteiger charge is 2.11. The van der Waals surface area contributed by atoms with Gasteiger partial charge in [-0.3, -0.25) is 0 Å². The predicted molar refractivity (Wildman–Crippen MR) is 82.3 cm³/mol. The van der Waals surface area contributed by atoms with E-state index in [1.807, 2.05) is 12.1 Å². The van der Waals surface area contributed by atoms with Crippen LogP contribution in [0.25, 0.3) is 12.2 Å². The third kappa shape index (κ3) is 3.52. The first-order valence-electron chi connectivity index (χ1n) is 6.44. The Hall–Kier alpha value is -3.08. The summed E-state index contributed by atoms with van der Waals surface area (Å²) >= 11 is 0. The SMILES string of the molecule is COc1cccc(C=Cc2cc(C(=O)O)ccc2C(=O)O)c1. The van der Waals surface area contributed by atoms with E-state index in [1.165, 1.54) is 18.2 Å². The lowest BCUT2D eigenvalue weighted by Gasteiger charge is -2.04. The van der Waals surface area contributed by atoms with Crippen LogP contribution in [0.15, 0.2) is 42.5 Å². The molecule has 2 aromatic carbocycles. The number of aromatic carboxylic acids is 2. The number of carboxylic acids is 2. The molecule has 0 spiro atoms. The van der Waals surface area contributed by atoms with Gasteiger partial charge in [-0.2, -0.15) is 0 Å². The quantitative estimate of drug-likeness (QED) is 0.828. The number of ether oxygens (including phenoxy) is 1. The summed E-state index contributed by atoms with van der Waals surface area (Å²) in [5, 5.41) is 18.2. The van der Waals surface area contributed by atoms with E-state index in [9.17, 15) is 14.7 Å². The minimum absolute atomic E-state index is 0.0373. The van der Waals surface area contributed by atoms with Crippen molar-refractivity contribution in [3.05, 3.63) is 64.7 Å². The molecule has 0 unspecified atom stereocenters. The van der Waals surface area contributed by atoms with Gasteiger partial charge in [0.1, 0.15) is 5.75 Å². The molecule has 0 aliphatic carbocycles. The molecule has 0 saturated heterocycles. The van der Waals surface area contributed by atoms with Crippen molar-refractivity contribution in [3.63, 3.8) is 0 Å². The standard InChI is InChI=1S/C17H14O5/c1-22-14-4-2-3-11(9-14)5-6-12-10-13(16(18)19)7-8-15(12)17(20)21/h2-10H,1H3,(H,18,19)(H,20,21). The molecule has 112 valence electrons. The van der Waals surface area contributed by atoms with Crippen LogP contribution in [-0.4, -0.2) is 29.3 Å². The number of benzene rings is 2. The van der Waals surface area contributed by atoms with E-state index >= 15 is 0 Å². The summed E-state index contributed by atoms with van der Waals surface area (Å²) in [6.07, 6.45) is 3.28. The molecule has 0 heterocycles. The van der Waals surface area contributed by atoms with Gasteiger partial charge in [-0.15, -0.1) is 0 Å². The maximum absolute atomic E-state index is 11.2. The van der Waals surface area contributed by atoms with Crippen LogP contribution in [0.1, 0.15) is 31.8 Å². The normalized spacial score (nSPS) is 10.6. The second-order valence-corrected chi connectivity index (χ2v) is 4.52. The number of rotatable bonds is 5. The van der Waals surface area contributed by atoms with Crippen molar-refractivity contribution >= 4 is 24.1 Å². The fourth-order valence-corrected chi connectivity index (χ4v) is 1.96. The van der Waals surface area contributed by atoms with Crippen molar-refractivity contribution < 1.29 is 24.5 Å². The first-order chi connectivity index (χ1) is 10.5. The third-order valence-corrected chi connectivity index (χ3v) is 3.08. The van der Waals surface area contributed by atoms with Crippen molar-refractivity contribution in [1.82, 2.24) is 0 Å². The minimum Gasteiger partial charge on any atom is -0.497 e. The van der Waals surface area contributed by atoms with Crippen LogP contribution in [0.2, 0.25) is 0 Å². The van der Waals surface area contributed by atoms with Crippen LogP contribution in [0.4, 0.5) is 0 Å². The molecule has 0 amide bonds. The molecule has 5 heteroatoms. The van der Waals surface area contributed by atoms with Crippen LogP contribution in [-0.2, 0) is 0 Å². The smallest absolute Gasteiger partial charge is 0.336 e. The van der Waals surface area contributed by atoms with Crippen LogP contribution >= 0.6 is 0 Å². The van der Waals surface area contributed by atoms with Crippen LogP contribution in [0, 0.1) is 0 Å². The first-order valence-corrected chi connectivity index (χ1v) is 6.44. The van der Waals surface area contributed by atoms with Crippen molar-refractivity contribution in [2.24, 2.45) is 0 Å². The Kier molecular flexibility index (Phi) is 4.58. The molecular formula is C17H14O5. The Balaban J connectivity index is 2.41. The van der Waals surface area contributed by atoms with E-state index in [-0.39, 0.29) is 11.1 Å². The summed E-state index contributed by atoms with van der Waals surface area (Å²) in [5.74, 6) is -1.53. The van der Waals surface area contributed by atoms with Crippen LogP contribution in [0.3, 0.4) is 0 Å². The molecule has 0 atom stereocenters. The van der Waals surface area contributed by atoms with Crippen molar-refractivity contribution in [2.75, 3.05) is 7.11 Å². The first kappa shape index (κ1) is 15.3. The van der Waals surface area contributed by atoms with Gasteiger partial charge in [0, 0.05) is 0 Å². The van der Waals surface area contributed by atoms with Crippen LogP contribution in [0.5, 0.6) is 5.75 Å². The summed E-state index contributed by atoms with van der Waals surface area (Å²) in [4.78, 5) is 22.2. The van der Waals surface area contributed by atoms with E-state index in [2.05, 4.69) is 0 Å². The number of carboxylic acid groups (broad SMARTS) is 2. The van der Waals surface area contributed by atoms with Gasteiger partial charge in [0.15, 0.2) is 0 Å². The summed E-state index contributed by atoms with van der Waals surface area (Å²) in [5.41, 5.74) is 1.23. The lowest BCUT2D eigenvalue weighted by Crippen LogP contribution is -2.03. The van der Waals surface area contributed by atoms with Gasteiger partial charge in [-0.05, 0) is 41.5 Å². The van der Waals surface area contributed by atoms with Crippen molar-refractivity contribution in [2.45, 2.75) is 0 Å². The predicted octanol–water partition coefficient (Wildman–Crippen LogP) is 3.26. The van der Waals surface area contributed by atoms with Crippen molar-refractivity contribution in [1.29, 1.82) is 0 Å². The highest BCUT2D eigenvalue weighted by Crippen LogP contribution is 2.18. The second-order valence-electron chi connectivity index (χ2n) is 4.52. The molecule has 0 radical (unpaired) electrons. The van der Waals surface area contributed by atoms with Gasteiger partial charge in [-0.25, -0.2) is 9.59 Å². The summed E-state index contributed by atoms with van der Waals surface area (Å²) in [7, 11) is 1.56. The Morgan fingerprint density at radius 1 is 1.00 bits per heavy atom. The Labute approximate surface area is 127 Å². The van der Waals surface area contributed by atoms with Crippen LogP contribution < -0.4 is 4.74 Å². The van der Waals surface area contributed by atoms with Gasteiger partial charge in [-0.1, -0.05) is 24.3 Å². The van der Waals surface area contributed by atoms with E-state index in [0.29, 0.717) is 11.3 Å². The number of carbonyl (C=O) groups is 2. The molecule has 2 aromatic rings. The summed E-state index contributed by atoms with van der Waals surface area (Å²) in [6, 6.07) is 11.1.